The summed E-state index contributed by atoms with van der Waals surface area (Å²) in [5.41, 5.74) is 0. The second-order valence-electron chi connectivity index (χ2n) is 4.82. The predicted molar refractivity (Wildman–Crippen MR) is 67.1 cm³/mol. The van der Waals surface area contributed by atoms with Gasteiger partial charge in [0.15, 0.2) is 0 Å². The van der Waals surface area contributed by atoms with Gasteiger partial charge < -0.3 is 5.32 Å². The normalized spacial score (nSPS) is 19.5. The SMILES string of the molecule is CC(C)C(CCBr)NC(=O)C1CCCC1. The first-order valence-corrected chi connectivity index (χ1v) is 7.13. The number of rotatable bonds is 5. The highest BCUT2D eigenvalue weighted by Crippen LogP contribution is 2.25. The van der Waals surface area contributed by atoms with Gasteiger partial charge in [-0.25, -0.2) is 0 Å². The third kappa shape index (κ3) is 4.13. The van der Waals surface area contributed by atoms with Crippen molar-refractivity contribution >= 4 is 21.8 Å². The lowest BCUT2D eigenvalue weighted by molar-refractivity contribution is -0.125. The van der Waals surface area contributed by atoms with E-state index in [4.69, 9.17) is 0 Å². The predicted octanol–water partition coefficient (Wildman–Crippen LogP) is 3.10. The molecule has 1 amide bonds. The van der Waals surface area contributed by atoms with Crippen molar-refractivity contribution in [2.24, 2.45) is 11.8 Å². The zero-order valence-corrected chi connectivity index (χ0v) is 11.3. The minimum Gasteiger partial charge on any atom is -0.353 e. The van der Waals surface area contributed by atoms with Crippen molar-refractivity contribution in [2.75, 3.05) is 5.33 Å². The molecular weight excluding hydrogens is 254 g/mol. The molecule has 1 aliphatic rings. The Morgan fingerprint density at radius 3 is 2.47 bits per heavy atom. The molecule has 1 fully saturated rings. The molecule has 2 nitrogen and oxygen atoms in total. The number of hydrogen-bond donors (Lipinski definition) is 1. The maximum atomic E-state index is 11.9. The van der Waals surface area contributed by atoms with Gasteiger partial charge in [0.05, 0.1) is 0 Å². The van der Waals surface area contributed by atoms with Gasteiger partial charge in [-0.2, -0.15) is 0 Å². The molecule has 0 bridgehead atoms. The van der Waals surface area contributed by atoms with E-state index >= 15 is 0 Å². The van der Waals surface area contributed by atoms with Crippen molar-refractivity contribution in [3.05, 3.63) is 0 Å². The fourth-order valence-electron chi connectivity index (χ4n) is 2.18. The number of carbonyl (C=O) groups is 1. The summed E-state index contributed by atoms with van der Waals surface area (Å²) >= 11 is 3.44. The van der Waals surface area contributed by atoms with Crippen LogP contribution in [-0.2, 0) is 4.79 Å². The van der Waals surface area contributed by atoms with Crippen LogP contribution in [0.3, 0.4) is 0 Å². The van der Waals surface area contributed by atoms with Crippen LogP contribution in [0.15, 0.2) is 0 Å². The molecule has 1 unspecified atom stereocenters. The van der Waals surface area contributed by atoms with Crippen LogP contribution in [0.5, 0.6) is 0 Å². The van der Waals surface area contributed by atoms with Crippen LogP contribution < -0.4 is 5.32 Å². The Hall–Kier alpha value is -0.0500. The first-order valence-electron chi connectivity index (χ1n) is 6.01. The van der Waals surface area contributed by atoms with Crippen LogP contribution in [-0.4, -0.2) is 17.3 Å². The first kappa shape index (κ1) is 13.0. The van der Waals surface area contributed by atoms with E-state index in [9.17, 15) is 4.79 Å². The van der Waals surface area contributed by atoms with E-state index in [1.54, 1.807) is 0 Å². The lowest BCUT2D eigenvalue weighted by atomic mass is 10.00. The van der Waals surface area contributed by atoms with Gasteiger partial charge in [-0.15, -0.1) is 0 Å². The number of hydrogen-bond acceptors (Lipinski definition) is 1. The molecule has 88 valence electrons. The summed E-state index contributed by atoms with van der Waals surface area (Å²) in [6, 6.07) is 0.331. The van der Waals surface area contributed by atoms with Crippen LogP contribution in [0.2, 0.25) is 0 Å². The number of amides is 1. The van der Waals surface area contributed by atoms with Gasteiger partial charge in [0, 0.05) is 17.3 Å². The Labute approximate surface area is 101 Å². The molecule has 0 saturated heterocycles. The van der Waals surface area contributed by atoms with Gasteiger partial charge in [0.2, 0.25) is 5.91 Å². The average molecular weight is 276 g/mol. The van der Waals surface area contributed by atoms with Crippen LogP contribution in [0, 0.1) is 11.8 Å². The van der Waals surface area contributed by atoms with Crippen LogP contribution in [0.4, 0.5) is 0 Å². The van der Waals surface area contributed by atoms with Crippen molar-refractivity contribution in [1.82, 2.24) is 5.32 Å². The molecule has 0 aliphatic heterocycles. The lowest BCUT2D eigenvalue weighted by Gasteiger charge is -2.23. The van der Waals surface area contributed by atoms with E-state index < -0.39 is 0 Å². The topological polar surface area (TPSA) is 29.1 Å². The Morgan fingerprint density at radius 2 is 2.00 bits per heavy atom. The Balaban J connectivity index is 2.38. The van der Waals surface area contributed by atoms with Crippen LogP contribution >= 0.6 is 15.9 Å². The highest BCUT2D eigenvalue weighted by molar-refractivity contribution is 9.09. The molecule has 3 heteroatoms. The quantitative estimate of drug-likeness (QED) is 0.768. The molecule has 0 heterocycles. The minimum absolute atomic E-state index is 0.284. The van der Waals surface area contributed by atoms with E-state index in [1.807, 2.05) is 0 Å². The molecular formula is C12H22BrNO. The van der Waals surface area contributed by atoms with E-state index in [2.05, 4.69) is 35.1 Å². The summed E-state index contributed by atoms with van der Waals surface area (Å²) in [6.07, 6.45) is 5.65. The fourth-order valence-corrected chi connectivity index (χ4v) is 2.67. The average Bonchev–Trinajstić information content (AvgIpc) is 2.69. The molecule has 0 aromatic rings. The van der Waals surface area contributed by atoms with Gasteiger partial charge in [-0.05, 0) is 25.2 Å². The van der Waals surface area contributed by atoms with Crippen molar-refractivity contribution in [2.45, 2.75) is 52.0 Å². The summed E-state index contributed by atoms with van der Waals surface area (Å²) in [7, 11) is 0. The Morgan fingerprint density at radius 1 is 1.40 bits per heavy atom. The van der Waals surface area contributed by atoms with Crippen molar-refractivity contribution in [3.63, 3.8) is 0 Å². The fraction of sp³-hybridized carbons (Fsp3) is 0.917. The lowest BCUT2D eigenvalue weighted by Crippen LogP contribution is -2.41. The van der Waals surface area contributed by atoms with E-state index in [-0.39, 0.29) is 5.91 Å². The van der Waals surface area contributed by atoms with E-state index in [0.29, 0.717) is 17.9 Å². The number of halogens is 1. The maximum Gasteiger partial charge on any atom is 0.223 e. The largest absolute Gasteiger partial charge is 0.353 e. The number of carbonyl (C=O) groups excluding carboxylic acids is 1. The molecule has 0 spiro atoms. The summed E-state index contributed by atoms with van der Waals surface area (Å²) in [5, 5.41) is 4.15. The summed E-state index contributed by atoms with van der Waals surface area (Å²) in [4.78, 5) is 11.9. The van der Waals surface area contributed by atoms with Crippen molar-refractivity contribution in [1.29, 1.82) is 0 Å². The minimum atomic E-state index is 0.284. The maximum absolute atomic E-state index is 11.9. The molecule has 0 aromatic heterocycles. The zero-order chi connectivity index (χ0) is 11.3. The van der Waals surface area contributed by atoms with Gasteiger partial charge in [-0.3, -0.25) is 4.79 Å². The van der Waals surface area contributed by atoms with Crippen LogP contribution in [0.25, 0.3) is 0 Å². The van der Waals surface area contributed by atoms with Gasteiger partial charge in [-0.1, -0.05) is 42.6 Å². The third-order valence-electron chi connectivity index (χ3n) is 3.28. The molecule has 1 N–H and O–H groups in total. The zero-order valence-electron chi connectivity index (χ0n) is 9.76. The molecule has 0 radical (unpaired) electrons. The summed E-state index contributed by atoms with van der Waals surface area (Å²) < 4.78 is 0. The molecule has 15 heavy (non-hydrogen) atoms. The highest BCUT2D eigenvalue weighted by Gasteiger charge is 2.25. The standard InChI is InChI=1S/C12H22BrNO/c1-9(2)11(7-8-13)14-12(15)10-5-3-4-6-10/h9-11H,3-8H2,1-2H3,(H,14,15). The number of nitrogens with one attached hydrogen (secondary N) is 1. The van der Waals surface area contributed by atoms with Gasteiger partial charge >= 0.3 is 0 Å². The van der Waals surface area contributed by atoms with Crippen LogP contribution in [0.1, 0.15) is 46.0 Å². The summed E-state index contributed by atoms with van der Waals surface area (Å²) in [6.45, 7) is 4.34. The highest BCUT2D eigenvalue weighted by atomic mass is 79.9. The molecule has 1 rings (SSSR count). The van der Waals surface area contributed by atoms with Crippen molar-refractivity contribution < 1.29 is 4.79 Å². The van der Waals surface area contributed by atoms with Gasteiger partial charge in [0.25, 0.3) is 0 Å². The third-order valence-corrected chi connectivity index (χ3v) is 3.74. The molecule has 1 atom stereocenters. The monoisotopic (exact) mass is 275 g/mol. The second-order valence-corrected chi connectivity index (χ2v) is 5.61. The van der Waals surface area contributed by atoms with E-state index in [1.165, 1.54) is 12.8 Å². The van der Waals surface area contributed by atoms with Gasteiger partial charge in [0.1, 0.15) is 0 Å². The molecule has 0 aromatic carbocycles. The smallest absolute Gasteiger partial charge is 0.223 e. The summed E-state index contributed by atoms with van der Waals surface area (Å²) in [5.74, 6) is 1.10. The number of alkyl halides is 1. The van der Waals surface area contributed by atoms with Crippen molar-refractivity contribution in [3.8, 4) is 0 Å². The molecule has 1 saturated carbocycles. The Kier molecular flexibility index (Phi) is 5.65. The Bertz CT molecular complexity index is 200. The molecule has 1 aliphatic carbocycles. The van der Waals surface area contributed by atoms with E-state index in [0.717, 1.165) is 24.6 Å². The second kappa shape index (κ2) is 6.51. The first-order chi connectivity index (χ1) is 7.15.